The highest BCUT2D eigenvalue weighted by molar-refractivity contribution is 8.18. The minimum atomic E-state index is -0.541. The van der Waals surface area contributed by atoms with Crippen molar-refractivity contribution in [3.05, 3.63) is 64.1 Å². The lowest BCUT2D eigenvalue weighted by atomic mass is 10.1. The average Bonchev–Trinajstić information content (AvgIpc) is 2.95. The van der Waals surface area contributed by atoms with Crippen molar-refractivity contribution in [2.24, 2.45) is 0 Å². The van der Waals surface area contributed by atoms with Crippen molar-refractivity contribution in [3.8, 4) is 11.5 Å². The molecule has 1 saturated heterocycles. The second kappa shape index (κ2) is 8.83. The predicted octanol–water partition coefficient (Wildman–Crippen LogP) is 3.06. The maximum atomic E-state index is 12.5. The van der Waals surface area contributed by atoms with Crippen LogP contribution >= 0.6 is 11.8 Å². The number of aromatic hydroxyl groups is 1. The molecule has 3 rings (SSSR count). The van der Waals surface area contributed by atoms with Crippen LogP contribution in [0.3, 0.4) is 0 Å². The topological polar surface area (TPSA) is 95.9 Å². The van der Waals surface area contributed by atoms with E-state index in [-0.39, 0.29) is 17.2 Å². The highest BCUT2D eigenvalue weighted by Gasteiger charge is 2.36. The van der Waals surface area contributed by atoms with Crippen molar-refractivity contribution in [2.75, 3.05) is 13.7 Å². The molecular formula is C21H20N2O5S. The number of methoxy groups -OCH3 is 1. The van der Waals surface area contributed by atoms with Gasteiger partial charge in [0.1, 0.15) is 6.54 Å². The highest BCUT2D eigenvalue weighted by atomic mass is 32.2. The van der Waals surface area contributed by atoms with Crippen molar-refractivity contribution in [3.63, 3.8) is 0 Å². The second-order valence-corrected chi connectivity index (χ2v) is 7.45. The number of hydrogen-bond donors (Lipinski definition) is 2. The number of carbonyl (C=O) groups is 3. The number of carbonyl (C=O) groups excluding carboxylic acids is 3. The molecule has 0 aromatic heterocycles. The van der Waals surface area contributed by atoms with Crippen LogP contribution in [0.25, 0.3) is 6.08 Å². The number of amides is 3. The zero-order valence-electron chi connectivity index (χ0n) is 16.0. The Balaban J connectivity index is 1.63. The van der Waals surface area contributed by atoms with E-state index in [9.17, 15) is 19.5 Å². The summed E-state index contributed by atoms with van der Waals surface area (Å²) in [6, 6.07) is 12.3. The summed E-state index contributed by atoms with van der Waals surface area (Å²) in [5, 5.41) is 12.0. The van der Waals surface area contributed by atoms with Crippen LogP contribution in [0.1, 0.15) is 16.7 Å². The summed E-state index contributed by atoms with van der Waals surface area (Å²) in [7, 11) is 1.43. The summed E-state index contributed by atoms with van der Waals surface area (Å²) >= 11 is 0.756. The monoisotopic (exact) mass is 412 g/mol. The first-order valence-corrected chi connectivity index (χ1v) is 9.63. The van der Waals surface area contributed by atoms with Gasteiger partial charge in [0.2, 0.25) is 5.91 Å². The van der Waals surface area contributed by atoms with Crippen molar-refractivity contribution < 1.29 is 24.2 Å². The largest absolute Gasteiger partial charge is 0.504 e. The molecule has 1 aliphatic heterocycles. The number of ether oxygens (including phenoxy) is 1. The maximum absolute atomic E-state index is 12.5. The molecule has 0 radical (unpaired) electrons. The molecule has 1 aliphatic rings. The molecule has 29 heavy (non-hydrogen) atoms. The molecule has 1 fully saturated rings. The van der Waals surface area contributed by atoms with Crippen molar-refractivity contribution in [1.29, 1.82) is 0 Å². The third-order valence-electron chi connectivity index (χ3n) is 4.29. The van der Waals surface area contributed by atoms with E-state index in [1.807, 2.05) is 31.2 Å². The summed E-state index contributed by atoms with van der Waals surface area (Å²) in [5.74, 6) is -0.728. The normalized spacial score (nSPS) is 15.1. The number of benzene rings is 2. The fraction of sp³-hybridized carbons (Fsp3) is 0.190. The minimum Gasteiger partial charge on any atom is -0.504 e. The Morgan fingerprint density at radius 3 is 2.59 bits per heavy atom. The minimum absolute atomic E-state index is 0.0732. The molecule has 150 valence electrons. The molecule has 2 aromatic carbocycles. The molecule has 0 aliphatic carbocycles. The van der Waals surface area contributed by atoms with Crippen LogP contribution in [0, 0.1) is 6.92 Å². The average molecular weight is 412 g/mol. The number of hydrogen-bond acceptors (Lipinski definition) is 6. The van der Waals surface area contributed by atoms with Crippen molar-refractivity contribution in [2.45, 2.75) is 13.5 Å². The van der Waals surface area contributed by atoms with Crippen LogP contribution in [0.5, 0.6) is 11.5 Å². The Morgan fingerprint density at radius 1 is 1.21 bits per heavy atom. The molecule has 0 atom stereocenters. The highest BCUT2D eigenvalue weighted by Crippen LogP contribution is 2.33. The molecule has 3 amide bonds. The molecule has 0 spiro atoms. The Labute approximate surface area is 172 Å². The van der Waals surface area contributed by atoms with E-state index in [0.29, 0.717) is 17.9 Å². The summed E-state index contributed by atoms with van der Waals surface area (Å²) in [6.07, 6.45) is 1.49. The fourth-order valence-corrected chi connectivity index (χ4v) is 3.53. The van der Waals surface area contributed by atoms with Crippen molar-refractivity contribution in [1.82, 2.24) is 10.2 Å². The molecule has 1 heterocycles. The molecule has 0 saturated carbocycles. The van der Waals surface area contributed by atoms with Crippen molar-refractivity contribution >= 4 is 34.9 Å². The van der Waals surface area contributed by atoms with Gasteiger partial charge in [-0.3, -0.25) is 19.3 Å². The zero-order valence-corrected chi connectivity index (χ0v) is 16.8. The second-order valence-electron chi connectivity index (χ2n) is 6.46. The van der Waals surface area contributed by atoms with E-state index in [1.54, 1.807) is 12.1 Å². The van der Waals surface area contributed by atoms with Gasteiger partial charge in [-0.25, -0.2) is 0 Å². The first-order chi connectivity index (χ1) is 13.9. The van der Waals surface area contributed by atoms with Gasteiger partial charge in [0.25, 0.3) is 11.1 Å². The van der Waals surface area contributed by atoms with Crippen LogP contribution in [0.15, 0.2) is 47.4 Å². The Bertz CT molecular complexity index is 985. The number of nitrogens with one attached hydrogen (secondary N) is 1. The maximum Gasteiger partial charge on any atom is 0.294 e. The summed E-state index contributed by atoms with van der Waals surface area (Å²) in [4.78, 5) is 38.0. The first kappa shape index (κ1) is 20.5. The molecule has 0 bridgehead atoms. The summed E-state index contributed by atoms with van der Waals surface area (Å²) in [6.45, 7) is 1.95. The number of imide groups is 1. The standard InChI is InChI=1S/C21H20N2O5S/c1-13-3-5-14(6-4-13)11-22-19(25)12-23-20(26)18(29-21(23)27)10-15-7-8-17(28-2)16(24)9-15/h3-10,24H,11-12H2,1-2H3,(H,22,25)/b18-10-. The number of nitrogens with zero attached hydrogens (tertiary/aromatic N) is 1. The zero-order chi connectivity index (χ0) is 21.0. The quantitative estimate of drug-likeness (QED) is 0.708. The fourth-order valence-electron chi connectivity index (χ4n) is 2.69. The molecule has 7 nitrogen and oxygen atoms in total. The Hall–Kier alpha value is -3.26. The van der Waals surface area contributed by atoms with Gasteiger partial charge in [-0.1, -0.05) is 35.9 Å². The lowest BCUT2D eigenvalue weighted by molar-refractivity contribution is -0.129. The van der Waals surface area contributed by atoms with Gasteiger partial charge in [0.15, 0.2) is 11.5 Å². The summed E-state index contributed by atoms with van der Waals surface area (Å²) < 4.78 is 4.98. The number of rotatable bonds is 6. The van der Waals surface area contributed by atoms with E-state index < -0.39 is 17.1 Å². The van der Waals surface area contributed by atoms with E-state index >= 15 is 0 Å². The van der Waals surface area contributed by atoms with E-state index in [0.717, 1.165) is 27.8 Å². The first-order valence-electron chi connectivity index (χ1n) is 8.82. The molecular weight excluding hydrogens is 392 g/mol. The molecule has 2 aromatic rings. The number of phenolic OH excluding ortho intramolecular Hbond substituents is 1. The van der Waals surface area contributed by atoms with E-state index in [2.05, 4.69) is 5.32 Å². The van der Waals surface area contributed by atoms with Gasteiger partial charge < -0.3 is 15.2 Å². The van der Waals surface area contributed by atoms with Gasteiger partial charge in [0, 0.05) is 6.54 Å². The smallest absolute Gasteiger partial charge is 0.294 e. The Kier molecular flexibility index (Phi) is 6.23. The van der Waals surface area contributed by atoms with E-state index in [1.165, 1.54) is 19.3 Å². The number of thioether (sulfide) groups is 1. The number of phenols is 1. The number of aryl methyl sites for hydroxylation is 1. The van der Waals surface area contributed by atoms with Gasteiger partial charge in [-0.15, -0.1) is 0 Å². The Morgan fingerprint density at radius 2 is 1.93 bits per heavy atom. The lowest BCUT2D eigenvalue weighted by Gasteiger charge is -2.12. The van der Waals surface area contributed by atoms with Crippen LogP contribution in [-0.4, -0.2) is 40.7 Å². The van der Waals surface area contributed by atoms with Gasteiger partial charge in [-0.2, -0.15) is 0 Å². The summed E-state index contributed by atoms with van der Waals surface area (Å²) in [5.41, 5.74) is 2.59. The van der Waals surface area contributed by atoms with Crippen LogP contribution in [0.4, 0.5) is 4.79 Å². The predicted molar refractivity (Wildman–Crippen MR) is 110 cm³/mol. The van der Waals surface area contributed by atoms with Gasteiger partial charge >= 0.3 is 0 Å². The molecule has 2 N–H and O–H groups in total. The van der Waals surface area contributed by atoms with Crippen LogP contribution < -0.4 is 10.1 Å². The third kappa shape index (κ3) is 4.97. The van der Waals surface area contributed by atoms with Gasteiger partial charge in [0.05, 0.1) is 12.0 Å². The van der Waals surface area contributed by atoms with E-state index in [4.69, 9.17) is 4.74 Å². The molecule has 0 unspecified atom stereocenters. The van der Waals surface area contributed by atoms with Crippen LogP contribution in [0.2, 0.25) is 0 Å². The molecule has 8 heteroatoms. The van der Waals surface area contributed by atoms with Gasteiger partial charge in [-0.05, 0) is 48.0 Å². The SMILES string of the molecule is COc1ccc(/C=C2\SC(=O)N(CC(=O)NCc3ccc(C)cc3)C2=O)cc1O. The third-order valence-corrected chi connectivity index (χ3v) is 5.19. The lowest BCUT2D eigenvalue weighted by Crippen LogP contribution is -2.39. The van der Waals surface area contributed by atoms with Crippen LogP contribution in [-0.2, 0) is 16.1 Å².